The number of benzene rings is 1. The summed E-state index contributed by atoms with van der Waals surface area (Å²) >= 11 is 0. The second-order valence-electron chi connectivity index (χ2n) is 4.70. The maximum atomic E-state index is 11.3. The lowest BCUT2D eigenvalue weighted by molar-refractivity contribution is 0.100. The quantitative estimate of drug-likeness (QED) is 0.837. The number of carbonyl (C=O) groups is 1. The molecule has 1 aromatic heterocycles. The Labute approximate surface area is 112 Å². The normalized spacial score (nSPS) is 10.8. The maximum Gasteiger partial charge on any atom is 0.248 e. The molecule has 0 radical (unpaired) electrons. The predicted octanol–water partition coefficient (Wildman–Crippen LogP) is 2.58. The fraction of sp³-hybridized carbons (Fsp3) is 0.333. The van der Waals surface area contributed by atoms with Gasteiger partial charge in [-0.1, -0.05) is 13.0 Å². The average Bonchev–Trinajstić information content (AvgIpc) is 2.69. The smallest absolute Gasteiger partial charge is 0.248 e. The Balaban J connectivity index is 2.71. The molecule has 0 aliphatic heterocycles. The molecule has 0 bridgehead atoms. The van der Waals surface area contributed by atoms with E-state index in [1.807, 2.05) is 19.1 Å². The molecule has 0 spiro atoms. The zero-order valence-corrected chi connectivity index (χ0v) is 11.4. The number of aryl methyl sites for hydroxylation is 2. The van der Waals surface area contributed by atoms with E-state index in [1.165, 1.54) is 0 Å². The van der Waals surface area contributed by atoms with Crippen LogP contribution in [-0.4, -0.2) is 15.5 Å². The highest BCUT2D eigenvalue weighted by Crippen LogP contribution is 2.23. The summed E-state index contributed by atoms with van der Waals surface area (Å²) in [5.41, 5.74) is 8.77. The van der Waals surface area contributed by atoms with Gasteiger partial charge in [0, 0.05) is 18.5 Å². The van der Waals surface area contributed by atoms with E-state index in [9.17, 15) is 4.79 Å². The molecular weight excluding hydrogens is 238 g/mol. The van der Waals surface area contributed by atoms with Crippen LogP contribution in [0.5, 0.6) is 0 Å². The standard InChI is InChI=1S/C15H19N3O/c1-4-6-13-17-12-9-11(15(16)19)8-10(3)14(12)18(13)7-5-2/h5,8-9H,2,4,6-7H2,1,3H3,(H2,16,19). The van der Waals surface area contributed by atoms with Crippen LogP contribution < -0.4 is 5.73 Å². The summed E-state index contributed by atoms with van der Waals surface area (Å²) in [5.74, 6) is 0.613. The molecule has 2 rings (SSSR count). The van der Waals surface area contributed by atoms with Crippen LogP contribution in [0.3, 0.4) is 0 Å². The third kappa shape index (κ3) is 2.38. The van der Waals surface area contributed by atoms with Gasteiger partial charge in [0.2, 0.25) is 5.91 Å². The van der Waals surface area contributed by atoms with Crippen LogP contribution >= 0.6 is 0 Å². The molecule has 0 aliphatic rings. The lowest BCUT2D eigenvalue weighted by Gasteiger charge is -2.07. The number of nitrogens with zero attached hydrogens (tertiary/aromatic N) is 2. The minimum atomic E-state index is -0.416. The van der Waals surface area contributed by atoms with Crippen LogP contribution in [-0.2, 0) is 13.0 Å². The summed E-state index contributed by atoms with van der Waals surface area (Å²) in [7, 11) is 0. The lowest BCUT2D eigenvalue weighted by atomic mass is 10.1. The largest absolute Gasteiger partial charge is 0.366 e. The first kappa shape index (κ1) is 13.3. The number of hydrogen-bond acceptors (Lipinski definition) is 2. The molecule has 0 saturated heterocycles. The van der Waals surface area contributed by atoms with E-state index >= 15 is 0 Å². The topological polar surface area (TPSA) is 60.9 Å². The minimum absolute atomic E-state index is 0.416. The van der Waals surface area contributed by atoms with Gasteiger partial charge >= 0.3 is 0 Å². The van der Waals surface area contributed by atoms with E-state index in [2.05, 4.69) is 23.1 Å². The van der Waals surface area contributed by atoms with Gasteiger partial charge in [-0.25, -0.2) is 4.98 Å². The summed E-state index contributed by atoms with van der Waals surface area (Å²) in [6, 6.07) is 3.59. The Morgan fingerprint density at radius 2 is 2.26 bits per heavy atom. The summed E-state index contributed by atoms with van der Waals surface area (Å²) < 4.78 is 2.16. The van der Waals surface area contributed by atoms with Crippen LogP contribution in [0.4, 0.5) is 0 Å². The Bertz CT molecular complexity index is 640. The fourth-order valence-corrected chi connectivity index (χ4v) is 2.41. The van der Waals surface area contributed by atoms with Crippen molar-refractivity contribution in [1.29, 1.82) is 0 Å². The average molecular weight is 257 g/mol. The number of hydrogen-bond donors (Lipinski definition) is 1. The molecule has 4 heteroatoms. The first-order valence-corrected chi connectivity index (χ1v) is 6.49. The van der Waals surface area contributed by atoms with Crippen LogP contribution in [0.25, 0.3) is 11.0 Å². The molecule has 0 aliphatic carbocycles. The van der Waals surface area contributed by atoms with Gasteiger partial charge in [-0.3, -0.25) is 4.79 Å². The van der Waals surface area contributed by atoms with Gasteiger partial charge in [-0.2, -0.15) is 0 Å². The molecule has 0 unspecified atom stereocenters. The summed E-state index contributed by atoms with van der Waals surface area (Å²) in [6.07, 6.45) is 3.80. The van der Waals surface area contributed by atoms with E-state index in [0.29, 0.717) is 5.56 Å². The first-order valence-electron chi connectivity index (χ1n) is 6.49. The van der Waals surface area contributed by atoms with Crippen LogP contribution in [0, 0.1) is 6.92 Å². The highest BCUT2D eigenvalue weighted by Gasteiger charge is 2.14. The highest BCUT2D eigenvalue weighted by atomic mass is 16.1. The van der Waals surface area contributed by atoms with Gasteiger partial charge in [-0.05, 0) is 31.0 Å². The number of fused-ring (bicyclic) bond motifs is 1. The molecule has 2 aromatic rings. The van der Waals surface area contributed by atoms with E-state index in [0.717, 1.165) is 41.8 Å². The van der Waals surface area contributed by atoms with Gasteiger partial charge in [0.05, 0.1) is 11.0 Å². The van der Waals surface area contributed by atoms with Crippen molar-refractivity contribution in [3.05, 3.63) is 41.7 Å². The molecular formula is C15H19N3O. The van der Waals surface area contributed by atoms with Crippen molar-refractivity contribution < 1.29 is 4.79 Å². The monoisotopic (exact) mass is 257 g/mol. The second-order valence-corrected chi connectivity index (χ2v) is 4.70. The second kappa shape index (κ2) is 5.26. The van der Waals surface area contributed by atoms with E-state index in [-0.39, 0.29) is 0 Å². The molecule has 100 valence electrons. The summed E-state index contributed by atoms with van der Waals surface area (Å²) in [5, 5.41) is 0. The molecule has 19 heavy (non-hydrogen) atoms. The van der Waals surface area contributed by atoms with E-state index in [1.54, 1.807) is 6.07 Å². The first-order chi connectivity index (χ1) is 9.08. The Kier molecular flexibility index (Phi) is 3.69. The van der Waals surface area contributed by atoms with Gasteiger partial charge in [0.15, 0.2) is 0 Å². The Morgan fingerprint density at radius 1 is 1.53 bits per heavy atom. The molecule has 0 fully saturated rings. The third-order valence-electron chi connectivity index (χ3n) is 3.18. The highest BCUT2D eigenvalue weighted by molar-refractivity contribution is 5.97. The van der Waals surface area contributed by atoms with Crippen LogP contribution in [0.2, 0.25) is 0 Å². The van der Waals surface area contributed by atoms with Gasteiger partial charge < -0.3 is 10.3 Å². The van der Waals surface area contributed by atoms with Crippen molar-refractivity contribution in [2.45, 2.75) is 33.2 Å². The summed E-state index contributed by atoms with van der Waals surface area (Å²) in [6.45, 7) is 8.62. The summed E-state index contributed by atoms with van der Waals surface area (Å²) in [4.78, 5) is 15.9. The number of aromatic nitrogens is 2. The molecule has 2 N–H and O–H groups in total. The van der Waals surface area contributed by atoms with Crippen LogP contribution in [0.1, 0.15) is 35.1 Å². The van der Waals surface area contributed by atoms with E-state index in [4.69, 9.17) is 5.73 Å². The van der Waals surface area contributed by atoms with Crippen molar-refractivity contribution in [3.8, 4) is 0 Å². The number of rotatable bonds is 5. The van der Waals surface area contributed by atoms with E-state index < -0.39 is 5.91 Å². The zero-order valence-electron chi connectivity index (χ0n) is 11.4. The number of amides is 1. The van der Waals surface area contributed by atoms with Gasteiger partial charge in [-0.15, -0.1) is 6.58 Å². The number of imidazole rings is 1. The maximum absolute atomic E-state index is 11.3. The van der Waals surface area contributed by atoms with Crippen molar-refractivity contribution in [1.82, 2.24) is 9.55 Å². The third-order valence-corrected chi connectivity index (χ3v) is 3.18. The predicted molar refractivity (Wildman–Crippen MR) is 77.2 cm³/mol. The minimum Gasteiger partial charge on any atom is -0.366 e. The molecule has 0 saturated carbocycles. The van der Waals surface area contributed by atoms with Gasteiger partial charge in [0.25, 0.3) is 0 Å². The molecule has 1 heterocycles. The van der Waals surface area contributed by atoms with Crippen molar-refractivity contribution >= 4 is 16.9 Å². The van der Waals surface area contributed by atoms with Crippen molar-refractivity contribution in [2.75, 3.05) is 0 Å². The fourth-order valence-electron chi connectivity index (χ4n) is 2.41. The molecule has 4 nitrogen and oxygen atoms in total. The number of nitrogens with two attached hydrogens (primary N) is 1. The SMILES string of the molecule is C=CCn1c(CCC)nc2cc(C(N)=O)cc(C)c21. The molecule has 0 atom stereocenters. The Hall–Kier alpha value is -2.10. The van der Waals surface area contributed by atoms with Crippen molar-refractivity contribution in [2.24, 2.45) is 5.73 Å². The van der Waals surface area contributed by atoms with Crippen molar-refractivity contribution in [3.63, 3.8) is 0 Å². The Morgan fingerprint density at radius 3 is 2.84 bits per heavy atom. The molecule has 1 amide bonds. The molecule has 1 aromatic carbocycles. The van der Waals surface area contributed by atoms with Gasteiger partial charge in [0.1, 0.15) is 5.82 Å². The number of allylic oxidation sites excluding steroid dienone is 1. The number of primary amides is 1. The number of carbonyl (C=O) groups excluding carboxylic acids is 1. The van der Waals surface area contributed by atoms with Crippen LogP contribution in [0.15, 0.2) is 24.8 Å². The lowest BCUT2D eigenvalue weighted by Crippen LogP contribution is -2.11. The zero-order chi connectivity index (χ0) is 14.0.